The van der Waals surface area contributed by atoms with Crippen LogP contribution >= 0.6 is 15.9 Å². The van der Waals surface area contributed by atoms with Crippen molar-refractivity contribution < 1.29 is 13.2 Å². The summed E-state index contributed by atoms with van der Waals surface area (Å²) in [5.74, 6) is -0.737. The lowest BCUT2D eigenvalue weighted by atomic mass is 10.1. The average molecular weight is 335 g/mol. The zero-order chi connectivity index (χ0) is 14.1. The summed E-state index contributed by atoms with van der Waals surface area (Å²) >= 11 is 3.21. The molecule has 3 N–H and O–H groups in total. The van der Waals surface area contributed by atoms with Crippen LogP contribution in [0.5, 0.6) is 0 Å². The molecule has 1 amide bonds. The summed E-state index contributed by atoms with van der Waals surface area (Å²) in [6.45, 7) is 4.51. The van der Waals surface area contributed by atoms with Crippen molar-refractivity contribution in [2.45, 2.75) is 31.2 Å². The van der Waals surface area contributed by atoms with Crippen molar-refractivity contribution in [1.82, 2.24) is 4.72 Å². The van der Waals surface area contributed by atoms with Gasteiger partial charge in [0.15, 0.2) is 0 Å². The molecule has 5 nitrogen and oxygen atoms in total. The van der Waals surface area contributed by atoms with E-state index in [1.807, 2.05) is 0 Å². The molecule has 0 saturated heterocycles. The minimum absolute atomic E-state index is 0.117. The van der Waals surface area contributed by atoms with Gasteiger partial charge in [0.1, 0.15) is 5.54 Å². The standard InChI is InChI=1S/C11H15BrN2O3S/c1-7-4-5-8(12)6-9(7)18(16,17)14-11(2,3)10(13)15/h4-6,14H,1-3H3,(H2,13,15). The van der Waals surface area contributed by atoms with E-state index in [9.17, 15) is 13.2 Å². The minimum atomic E-state index is -3.80. The Balaban J connectivity index is 3.23. The summed E-state index contributed by atoms with van der Waals surface area (Å²) in [6.07, 6.45) is 0. The molecule has 0 unspecified atom stereocenters. The van der Waals surface area contributed by atoms with Gasteiger partial charge in [-0.1, -0.05) is 22.0 Å². The molecule has 0 aliphatic heterocycles. The van der Waals surface area contributed by atoms with Gasteiger partial charge in [0.2, 0.25) is 15.9 Å². The third kappa shape index (κ3) is 3.30. The fraction of sp³-hybridized carbons (Fsp3) is 0.364. The highest BCUT2D eigenvalue weighted by Gasteiger charge is 2.32. The third-order valence-corrected chi connectivity index (χ3v) is 4.74. The second-order valence-corrected chi connectivity index (χ2v) is 7.07. The van der Waals surface area contributed by atoms with Crippen LogP contribution in [0.2, 0.25) is 0 Å². The van der Waals surface area contributed by atoms with Crippen LogP contribution in [0, 0.1) is 6.92 Å². The summed E-state index contributed by atoms with van der Waals surface area (Å²) < 4.78 is 27.3. The fourth-order valence-corrected chi connectivity index (χ4v) is 3.47. The number of amides is 1. The molecule has 0 aliphatic carbocycles. The summed E-state index contributed by atoms with van der Waals surface area (Å²) in [4.78, 5) is 11.3. The van der Waals surface area contributed by atoms with Crippen LogP contribution in [0.3, 0.4) is 0 Å². The maximum Gasteiger partial charge on any atom is 0.241 e. The van der Waals surface area contributed by atoms with Crippen molar-refractivity contribution in [3.05, 3.63) is 28.2 Å². The number of carbonyl (C=O) groups excluding carboxylic acids is 1. The smallest absolute Gasteiger partial charge is 0.241 e. The van der Waals surface area contributed by atoms with E-state index in [2.05, 4.69) is 20.7 Å². The summed E-state index contributed by atoms with van der Waals surface area (Å²) in [5.41, 5.74) is 4.40. The zero-order valence-electron chi connectivity index (χ0n) is 10.3. The van der Waals surface area contributed by atoms with Gasteiger partial charge in [0.05, 0.1) is 4.90 Å². The van der Waals surface area contributed by atoms with Crippen molar-refractivity contribution in [3.8, 4) is 0 Å². The first kappa shape index (κ1) is 15.1. The minimum Gasteiger partial charge on any atom is -0.368 e. The van der Waals surface area contributed by atoms with Crippen molar-refractivity contribution in [3.63, 3.8) is 0 Å². The van der Waals surface area contributed by atoms with Crippen LogP contribution in [0.15, 0.2) is 27.6 Å². The van der Waals surface area contributed by atoms with Crippen LogP contribution in [0.4, 0.5) is 0 Å². The van der Waals surface area contributed by atoms with Crippen molar-refractivity contribution in [2.24, 2.45) is 5.73 Å². The molecule has 1 aromatic carbocycles. The van der Waals surface area contributed by atoms with E-state index in [1.54, 1.807) is 19.1 Å². The van der Waals surface area contributed by atoms with E-state index in [-0.39, 0.29) is 4.90 Å². The molecule has 100 valence electrons. The monoisotopic (exact) mass is 334 g/mol. The van der Waals surface area contributed by atoms with Gasteiger partial charge in [-0.15, -0.1) is 0 Å². The molecule has 0 atom stereocenters. The predicted octanol–water partition coefficient (Wildman–Crippen LogP) is 1.30. The Labute approximate surface area is 115 Å². The second-order valence-electron chi connectivity index (χ2n) is 4.50. The van der Waals surface area contributed by atoms with Crippen LogP contribution in [-0.4, -0.2) is 19.9 Å². The molecular weight excluding hydrogens is 320 g/mol. The second kappa shape index (κ2) is 4.99. The molecule has 1 rings (SSSR count). The molecule has 0 aliphatic rings. The molecule has 0 radical (unpaired) electrons. The number of hydrogen-bond donors (Lipinski definition) is 2. The topological polar surface area (TPSA) is 89.3 Å². The summed E-state index contributed by atoms with van der Waals surface area (Å²) in [7, 11) is -3.80. The van der Waals surface area contributed by atoms with Gasteiger partial charge in [0, 0.05) is 4.47 Å². The predicted molar refractivity (Wildman–Crippen MR) is 72.5 cm³/mol. The van der Waals surface area contributed by atoms with E-state index in [1.165, 1.54) is 19.9 Å². The first-order chi connectivity index (χ1) is 8.06. The number of carbonyl (C=O) groups is 1. The molecule has 0 fully saturated rings. The lowest BCUT2D eigenvalue weighted by molar-refractivity contribution is -0.122. The number of hydrogen-bond acceptors (Lipinski definition) is 3. The third-order valence-electron chi connectivity index (χ3n) is 2.45. The van der Waals surface area contributed by atoms with Gasteiger partial charge in [-0.3, -0.25) is 4.79 Å². The van der Waals surface area contributed by atoms with Gasteiger partial charge < -0.3 is 5.73 Å². The first-order valence-electron chi connectivity index (χ1n) is 5.16. The number of nitrogens with one attached hydrogen (secondary N) is 1. The van der Waals surface area contributed by atoms with Crippen molar-refractivity contribution >= 4 is 31.9 Å². The van der Waals surface area contributed by atoms with Crippen LogP contribution in [0.25, 0.3) is 0 Å². The van der Waals surface area contributed by atoms with E-state index in [4.69, 9.17) is 5.73 Å². The Morgan fingerprint density at radius 1 is 1.39 bits per heavy atom. The molecular formula is C11H15BrN2O3S. The van der Waals surface area contributed by atoms with E-state index >= 15 is 0 Å². The lowest BCUT2D eigenvalue weighted by Gasteiger charge is -2.22. The largest absolute Gasteiger partial charge is 0.368 e. The van der Waals surface area contributed by atoms with Crippen molar-refractivity contribution in [2.75, 3.05) is 0 Å². The van der Waals surface area contributed by atoms with Gasteiger partial charge in [-0.05, 0) is 38.5 Å². The zero-order valence-corrected chi connectivity index (χ0v) is 12.7. The van der Waals surface area contributed by atoms with Gasteiger partial charge >= 0.3 is 0 Å². The highest BCUT2D eigenvalue weighted by molar-refractivity contribution is 9.10. The first-order valence-corrected chi connectivity index (χ1v) is 7.44. The summed E-state index contributed by atoms with van der Waals surface area (Å²) in [6, 6.07) is 4.90. The number of benzene rings is 1. The van der Waals surface area contributed by atoms with Crippen LogP contribution in [-0.2, 0) is 14.8 Å². The normalized spacial score (nSPS) is 12.4. The molecule has 0 aromatic heterocycles. The van der Waals surface area contributed by atoms with Crippen LogP contribution in [0.1, 0.15) is 19.4 Å². The highest BCUT2D eigenvalue weighted by atomic mass is 79.9. The number of halogens is 1. The molecule has 0 saturated carbocycles. The van der Waals surface area contributed by atoms with Gasteiger partial charge in [0.25, 0.3) is 0 Å². The number of rotatable bonds is 4. The fourth-order valence-electron chi connectivity index (χ4n) is 1.30. The maximum atomic E-state index is 12.2. The Bertz CT molecular complexity index is 582. The lowest BCUT2D eigenvalue weighted by Crippen LogP contribution is -2.52. The van der Waals surface area contributed by atoms with E-state index < -0.39 is 21.5 Å². The average Bonchev–Trinajstić information content (AvgIpc) is 2.19. The molecule has 0 spiro atoms. The number of nitrogens with two attached hydrogens (primary N) is 1. The Morgan fingerprint density at radius 2 is 1.94 bits per heavy atom. The number of primary amides is 1. The SMILES string of the molecule is Cc1ccc(Br)cc1S(=O)(=O)NC(C)(C)C(N)=O. The molecule has 7 heteroatoms. The molecule has 18 heavy (non-hydrogen) atoms. The van der Waals surface area contributed by atoms with E-state index in [0.29, 0.717) is 10.0 Å². The van der Waals surface area contributed by atoms with Gasteiger partial charge in [-0.2, -0.15) is 4.72 Å². The summed E-state index contributed by atoms with van der Waals surface area (Å²) in [5, 5.41) is 0. The quantitative estimate of drug-likeness (QED) is 0.869. The highest BCUT2D eigenvalue weighted by Crippen LogP contribution is 2.21. The Morgan fingerprint density at radius 3 is 2.44 bits per heavy atom. The molecule has 0 heterocycles. The molecule has 1 aromatic rings. The Kier molecular flexibility index (Phi) is 4.19. The molecule has 0 bridgehead atoms. The Hall–Kier alpha value is -0.920. The number of aryl methyl sites for hydroxylation is 1. The van der Waals surface area contributed by atoms with E-state index in [0.717, 1.165) is 0 Å². The maximum absolute atomic E-state index is 12.2. The van der Waals surface area contributed by atoms with Gasteiger partial charge in [-0.25, -0.2) is 8.42 Å². The number of sulfonamides is 1. The van der Waals surface area contributed by atoms with Crippen molar-refractivity contribution in [1.29, 1.82) is 0 Å². The van der Waals surface area contributed by atoms with Crippen LogP contribution < -0.4 is 10.5 Å².